The number of hydrogen-bond donors (Lipinski definition) is 0. The maximum atomic E-state index is 12.7. The molecule has 0 radical (unpaired) electrons. The van der Waals surface area contributed by atoms with Gasteiger partial charge in [0, 0.05) is 23.7 Å². The Morgan fingerprint density at radius 1 is 1.26 bits per heavy atom. The summed E-state index contributed by atoms with van der Waals surface area (Å²) in [6, 6.07) is 0. The predicted molar refractivity (Wildman–Crippen MR) is 70.4 cm³/mol. The van der Waals surface area contributed by atoms with Crippen LogP contribution >= 0.6 is 0 Å². The largest absolute Gasteiger partial charge is 0.347 e. The van der Waals surface area contributed by atoms with E-state index in [1.807, 2.05) is 0 Å². The van der Waals surface area contributed by atoms with Gasteiger partial charge >= 0.3 is 0 Å². The quantitative estimate of drug-likeness (QED) is 0.629. The lowest BCUT2D eigenvalue weighted by atomic mass is 9.49. The summed E-state index contributed by atoms with van der Waals surface area (Å²) in [4.78, 5) is 12.7. The van der Waals surface area contributed by atoms with Crippen molar-refractivity contribution in [2.24, 2.45) is 29.1 Å². The van der Waals surface area contributed by atoms with E-state index in [0.29, 0.717) is 30.8 Å². The van der Waals surface area contributed by atoms with Gasteiger partial charge in [0.15, 0.2) is 5.79 Å². The lowest BCUT2D eigenvalue weighted by Gasteiger charge is -2.54. The average molecular weight is 262 g/mol. The Morgan fingerprint density at radius 3 is 2.63 bits per heavy atom. The molecule has 2 bridgehead atoms. The Bertz CT molecular complexity index is 470. The Labute approximate surface area is 114 Å². The maximum Gasteiger partial charge on any atom is 0.172 e. The van der Waals surface area contributed by atoms with Gasteiger partial charge in [0.05, 0.1) is 13.2 Å². The Morgan fingerprint density at radius 2 is 1.95 bits per heavy atom. The molecule has 1 heterocycles. The van der Waals surface area contributed by atoms with E-state index in [0.717, 1.165) is 12.8 Å². The minimum atomic E-state index is -0.388. The first-order chi connectivity index (χ1) is 8.97. The van der Waals surface area contributed by atoms with Crippen LogP contribution in [0.15, 0.2) is 11.6 Å². The monoisotopic (exact) mass is 262 g/mol. The third-order valence-corrected chi connectivity index (χ3v) is 6.04. The molecule has 1 aliphatic heterocycles. The summed E-state index contributed by atoms with van der Waals surface area (Å²) in [5, 5.41) is 0. The van der Waals surface area contributed by atoms with Crippen LogP contribution in [0, 0.1) is 29.1 Å². The van der Waals surface area contributed by atoms with E-state index < -0.39 is 0 Å². The van der Waals surface area contributed by atoms with E-state index in [2.05, 4.69) is 26.8 Å². The lowest BCUT2D eigenvalue weighted by molar-refractivity contribution is -0.214. The minimum absolute atomic E-state index is 0.0946. The molecular weight excluding hydrogens is 240 g/mol. The average Bonchev–Trinajstić information content (AvgIpc) is 2.96. The van der Waals surface area contributed by atoms with Crippen LogP contribution in [0.1, 0.15) is 33.6 Å². The molecular formula is C16H22O3. The van der Waals surface area contributed by atoms with Gasteiger partial charge in [-0.2, -0.15) is 0 Å². The van der Waals surface area contributed by atoms with Crippen LogP contribution in [0.4, 0.5) is 0 Å². The highest BCUT2D eigenvalue weighted by Crippen LogP contribution is 2.64. The molecule has 3 fully saturated rings. The zero-order chi connectivity index (χ0) is 13.4. The van der Waals surface area contributed by atoms with Crippen LogP contribution in [0.5, 0.6) is 0 Å². The van der Waals surface area contributed by atoms with Crippen molar-refractivity contribution >= 4 is 5.78 Å². The molecule has 5 rings (SSSR count). The van der Waals surface area contributed by atoms with Gasteiger partial charge in [-0.1, -0.05) is 25.5 Å². The summed E-state index contributed by atoms with van der Waals surface area (Å²) < 4.78 is 12.1. The maximum absolute atomic E-state index is 12.7. The summed E-state index contributed by atoms with van der Waals surface area (Å²) >= 11 is 0. The first kappa shape index (κ1) is 12.1. The summed E-state index contributed by atoms with van der Waals surface area (Å²) in [7, 11) is 0. The second-order valence-corrected chi connectivity index (χ2v) is 7.24. The molecule has 0 aromatic rings. The molecule has 0 aromatic carbocycles. The van der Waals surface area contributed by atoms with Gasteiger partial charge in [-0.05, 0) is 25.2 Å². The third-order valence-electron chi connectivity index (χ3n) is 6.04. The van der Waals surface area contributed by atoms with Crippen molar-refractivity contribution in [1.29, 1.82) is 0 Å². The molecule has 0 amide bonds. The molecule has 4 aliphatic carbocycles. The number of Topliss-reactive ketones (excluding diaryl/α,β-unsaturated/α-hetero) is 1. The molecule has 0 unspecified atom stereocenters. The standard InChI is InChI=1S/C16H22O3/c1-9-8-11-10-4-5-16(18-6-7-19-16)13(10)12(9)15(2,3)14(11)17/h8,10-13H,4-7H2,1-3H3/t10-,11-,12+,13+/m0/s1. The third kappa shape index (κ3) is 1.28. The van der Waals surface area contributed by atoms with Crippen molar-refractivity contribution < 1.29 is 14.3 Å². The van der Waals surface area contributed by atoms with Gasteiger partial charge in [0.1, 0.15) is 5.78 Å². The van der Waals surface area contributed by atoms with Crippen LogP contribution in [-0.2, 0) is 14.3 Å². The highest BCUT2D eigenvalue weighted by Gasteiger charge is 2.67. The summed E-state index contributed by atoms with van der Waals surface area (Å²) in [6.07, 6.45) is 4.25. The molecule has 0 N–H and O–H groups in total. The fraction of sp³-hybridized carbons (Fsp3) is 0.812. The van der Waals surface area contributed by atoms with Crippen molar-refractivity contribution in [2.45, 2.75) is 39.4 Å². The normalized spacial score (nSPS) is 45.6. The van der Waals surface area contributed by atoms with Gasteiger partial charge in [-0.25, -0.2) is 0 Å². The number of rotatable bonds is 0. The van der Waals surface area contributed by atoms with E-state index in [9.17, 15) is 4.79 Å². The molecule has 19 heavy (non-hydrogen) atoms. The number of ether oxygens (including phenoxy) is 2. The first-order valence-corrected chi connectivity index (χ1v) is 7.48. The highest BCUT2D eigenvalue weighted by molar-refractivity contribution is 5.91. The zero-order valence-corrected chi connectivity index (χ0v) is 11.9. The second kappa shape index (κ2) is 3.50. The number of hydrogen-bond acceptors (Lipinski definition) is 3. The molecule has 3 heteroatoms. The SMILES string of the molecule is CC1=C[C@@H]2C(=O)C(C)(C)[C@H]1[C@H]1[C@H]2CCC12OCCO2. The van der Waals surface area contributed by atoms with Crippen molar-refractivity contribution in [2.75, 3.05) is 13.2 Å². The van der Waals surface area contributed by atoms with Gasteiger partial charge in [0.2, 0.25) is 0 Å². The first-order valence-electron chi connectivity index (χ1n) is 7.48. The fourth-order valence-corrected chi connectivity index (χ4v) is 5.42. The van der Waals surface area contributed by atoms with Gasteiger partial charge in [-0.15, -0.1) is 0 Å². The molecule has 5 aliphatic rings. The fourth-order valence-electron chi connectivity index (χ4n) is 5.42. The summed E-state index contributed by atoms with van der Waals surface area (Å²) in [5.74, 6) is 1.23. The molecule has 2 saturated carbocycles. The van der Waals surface area contributed by atoms with E-state index in [4.69, 9.17) is 9.47 Å². The highest BCUT2D eigenvalue weighted by atomic mass is 16.7. The van der Waals surface area contributed by atoms with Crippen LogP contribution in [0.25, 0.3) is 0 Å². The van der Waals surface area contributed by atoms with Crippen LogP contribution in [0.2, 0.25) is 0 Å². The van der Waals surface area contributed by atoms with Crippen molar-refractivity contribution in [3.8, 4) is 0 Å². The number of allylic oxidation sites excluding steroid dienone is 2. The van der Waals surface area contributed by atoms with E-state index in [1.165, 1.54) is 5.57 Å². The Kier molecular flexibility index (Phi) is 2.23. The number of carbonyl (C=O) groups is 1. The molecule has 1 spiro atoms. The Balaban J connectivity index is 1.85. The van der Waals surface area contributed by atoms with Gasteiger partial charge in [-0.3, -0.25) is 4.79 Å². The molecule has 1 saturated heterocycles. The summed E-state index contributed by atoms with van der Waals surface area (Å²) in [5.41, 5.74) is 1.10. The van der Waals surface area contributed by atoms with Crippen molar-refractivity contribution in [3.63, 3.8) is 0 Å². The Hall–Kier alpha value is -0.670. The van der Waals surface area contributed by atoms with Crippen LogP contribution < -0.4 is 0 Å². The molecule has 104 valence electrons. The van der Waals surface area contributed by atoms with Gasteiger partial charge < -0.3 is 9.47 Å². The smallest absolute Gasteiger partial charge is 0.172 e. The zero-order valence-electron chi connectivity index (χ0n) is 11.9. The van der Waals surface area contributed by atoms with Crippen molar-refractivity contribution in [3.05, 3.63) is 11.6 Å². The van der Waals surface area contributed by atoms with E-state index in [-0.39, 0.29) is 23.0 Å². The number of ketones is 1. The molecule has 4 atom stereocenters. The van der Waals surface area contributed by atoms with E-state index in [1.54, 1.807) is 0 Å². The topological polar surface area (TPSA) is 35.5 Å². The summed E-state index contributed by atoms with van der Waals surface area (Å²) in [6.45, 7) is 7.82. The van der Waals surface area contributed by atoms with Crippen LogP contribution in [-0.4, -0.2) is 24.8 Å². The number of carbonyl (C=O) groups excluding carboxylic acids is 1. The van der Waals surface area contributed by atoms with Gasteiger partial charge in [0.25, 0.3) is 0 Å². The molecule has 3 nitrogen and oxygen atoms in total. The van der Waals surface area contributed by atoms with Crippen molar-refractivity contribution in [1.82, 2.24) is 0 Å². The number of fused-ring (bicyclic) bond motifs is 1. The second-order valence-electron chi connectivity index (χ2n) is 7.24. The van der Waals surface area contributed by atoms with E-state index >= 15 is 0 Å². The lowest BCUT2D eigenvalue weighted by Crippen LogP contribution is -2.58. The predicted octanol–water partition coefficient (Wildman–Crippen LogP) is 2.56. The molecule has 0 aromatic heterocycles. The van der Waals surface area contributed by atoms with Crippen LogP contribution in [0.3, 0.4) is 0 Å². The minimum Gasteiger partial charge on any atom is -0.347 e.